The molecule has 6 nitrogen and oxygen atoms in total. The largest absolute Gasteiger partial charge is 0.383 e. The maximum Gasteiger partial charge on any atom is 0.292 e. The molecule has 0 fully saturated rings. The number of hydrogen-bond donors (Lipinski definition) is 1. The van der Waals surface area contributed by atoms with Crippen LogP contribution in [0.1, 0.15) is 11.3 Å². The van der Waals surface area contributed by atoms with Gasteiger partial charge in [0.25, 0.3) is 5.69 Å². The van der Waals surface area contributed by atoms with Crippen molar-refractivity contribution in [2.45, 2.75) is 13.5 Å². The highest BCUT2D eigenvalue weighted by Crippen LogP contribution is 2.25. The Morgan fingerprint density at radius 3 is 2.79 bits per heavy atom. The third kappa shape index (κ3) is 2.68. The van der Waals surface area contributed by atoms with Crippen molar-refractivity contribution in [2.24, 2.45) is 0 Å². The standard InChI is InChI=1S/C12H13ClN4O2/c1-8-10(13)6-15-16(8)7-9-3-4-11(14-2)12(5-9)17(18)19/h3-6,14H,7H2,1-2H3. The molecule has 0 aliphatic rings. The average Bonchev–Trinajstić information content (AvgIpc) is 2.70. The van der Waals surface area contributed by atoms with Crippen LogP contribution in [0.25, 0.3) is 0 Å². The zero-order chi connectivity index (χ0) is 14.0. The van der Waals surface area contributed by atoms with Gasteiger partial charge in [-0.15, -0.1) is 0 Å². The normalized spacial score (nSPS) is 10.5. The van der Waals surface area contributed by atoms with Gasteiger partial charge in [0.05, 0.1) is 28.4 Å². The van der Waals surface area contributed by atoms with Crippen LogP contribution in [-0.2, 0) is 6.54 Å². The van der Waals surface area contributed by atoms with Crippen LogP contribution in [0.4, 0.5) is 11.4 Å². The number of nitro benzene ring substituents is 1. The Labute approximate surface area is 115 Å². The molecule has 0 aliphatic heterocycles. The second kappa shape index (κ2) is 5.27. The summed E-state index contributed by atoms with van der Waals surface area (Å²) < 4.78 is 1.71. The number of nitrogens with one attached hydrogen (secondary N) is 1. The van der Waals surface area contributed by atoms with Gasteiger partial charge in [0.2, 0.25) is 0 Å². The predicted molar refractivity (Wildman–Crippen MR) is 73.7 cm³/mol. The van der Waals surface area contributed by atoms with Crippen molar-refractivity contribution in [2.75, 3.05) is 12.4 Å². The van der Waals surface area contributed by atoms with Crippen LogP contribution in [0.2, 0.25) is 5.02 Å². The van der Waals surface area contributed by atoms with E-state index in [0.717, 1.165) is 11.3 Å². The summed E-state index contributed by atoms with van der Waals surface area (Å²) in [5, 5.41) is 18.5. The molecule has 0 saturated heterocycles. The third-order valence-electron chi connectivity index (χ3n) is 2.90. The molecule has 19 heavy (non-hydrogen) atoms. The number of nitro groups is 1. The first-order chi connectivity index (χ1) is 9.02. The van der Waals surface area contributed by atoms with Gasteiger partial charge in [-0.3, -0.25) is 14.8 Å². The summed E-state index contributed by atoms with van der Waals surface area (Å²) in [4.78, 5) is 10.6. The number of hydrogen-bond acceptors (Lipinski definition) is 4. The maximum atomic E-state index is 11.0. The van der Waals surface area contributed by atoms with E-state index in [1.807, 2.05) is 13.0 Å². The highest BCUT2D eigenvalue weighted by Gasteiger charge is 2.14. The van der Waals surface area contributed by atoms with Crippen molar-refractivity contribution in [1.29, 1.82) is 0 Å². The molecule has 2 rings (SSSR count). The summed E-state index contributed by atoms with van der Waals surface area (Å²) in [6, 6.07) is 5.06. The minimum Gasteiger partial charge on any atom is -0.383 e. The number of halogens is 1. The van der Waals surface area contributed by atoms with Crippen LogP contribution in [0.3, 0.4) is 0 Å². The minimum absolute atomic E-state index is 0.0518. The smallest absolute Gasteiger partial charge is 0.292 e. The van der Waals surface area contributed by atoms with Gasteiger partial charge in [-0.2, -0.15) is 5.10 Å². The van der Waals surface area contributed by atoms with Gasteiger partial charge in [-0.1, -0.05) is 17.7 Å². The van der Waals surface area contributed by atoms with Gasteiger partial charge in [-0.05, 0) is 18.6 Å². The highest BCUT2D eigenvalue weighted by molar-refractivity contribution is 6.31. The number of benzene rings is 1. The van der Waals surface area contributed by atoms with Gasteiger partial charge in [0.1, 0.15) is 5.69 Å². The Morgan fingerprint density at radius 2 is 2.26 bits per heavy atom. The first kappa shape index (κ1) is 13.4. The molecule has 0 radical (unpaired) electrons. The molecule has 0 spiro atoms. The summed E-state index contributed by atoms with van der Waals surface area (Å²) in [5.74, 6) is 0. The van der Waals surface area contributed by atoms with Crippen molar-refractivity contribution in [3.8, 4) is 0 Å². The molecule has 0 unspecified atom stereocenters. The molecule has 1 heterocycles. The van der Waals surface area contributed by atoms with Crippen LogP contribution < -0.4 is 5.32 Å². The van der Waals surface area contributed by atoms with Crippen LogP contribution in [0.5, 0.6) is 0 Å². The summed E-state index contributed by atoms with van der Waals surface area (Å²) in [6.07, 6.45) is 1.56. The first-order valence-electron chi connectivity index (χ1n) is 5.66. The topological polar surface area (TPSA) is 73.0 Å². The summed E-state index contributed by atoms with van der Waals surface area (Å²) in [6.45, 7) is 2.30. The first-order valence-corrected chi connectivity index (χ1v) is 6.03. The van der Waals surface area contributed by atoms with Crippen LogP contribution in [0, 0.1) is 17.0 Å². The fourth-order valence-electron chi connectivity index (χ4n) is 1.79. The quantitative estimate of drug-likeness (QED) is 0.690. The number of nitrogens with zero attached hydrogens (tertiary/aromatic N) is 3. The van der Waals surface area contributed by atoms with Gasteiger partial charge < -0.3 is 5.32 Å². The van der Waals surface area contributed by atoms with Crippen molar-refractivity contribution in [1.82, 2.24) is 9.78 Å². The lowest BCUT2D eigenvalue weighted by molar-refractivity contribution is -0.384. The Kier molecular flexibility index (Phi) is 3.71. The van der Waals surface area contributed by atoms with Crippen molar-refractivity contribution in [3.63, 3.8) is 0 Å². The Balaban J connectivity index is 2.34. The van der Waals surface area contributed by atoms with E-state index in [4.69, 9.17) is 11.6 Å². The third-order valence-corrected chi connectivity index (χ3v) is 3.27. The van der Waals surface area contributed by atoms with Gasteiger partial charge in [-0.25, -0.2) is 0 Å². The van der Waals surface area contributed by atoms with Crippen LogP contribution >= 0.6 is 11.6 Å². The number of aromatic nitrogens is 2. The minimum atomic E-state index is -0.405. The molecule has 0 bridgehead atoms. The molecule has 1 aromatic carbocycles. The van der Waals surface area contributed by atoms with Gasteiger partial charge in [0.15, 0.2) is 0 Å². The van der Waals surface area contributed by atoms with E-state index < -0.39 is 4.92 Å². The van der Waals surface area contributed by atoms with Crippen molar-refractivity contribution in [3.05, 3.63) is 50.8 Å². The number of rotatable bonds is 4. The zero-order valence-corrected chi connectivity index (χ0v) is 11.3. The maximum absolute atomic E-state index is 11.0. The van der Waals surface area contributed by atoms with E-state index in [0.29, 0.717) is 17.3 Å². The monoisotopic (exact) mass is 280 g/mol. The fourth-order valence-corrected chi connectivity index (χ4v) is 1.94. The SMILES string of the molecule is CNc1ccc(Cn2ncc(Cl)c2C)cc1[N+](=O)[O-]. The highest BCUT2D eigenvalue weighted by atomic mass is 35.5. The molecule has 0 aliphatic carbocycles. The molecular weight excluding hydrogens is 268 g/mol. The second-order valence-corrected chi connectivity index (χ2v) is 4.50. The van der Waals surface area contributed by atoms with E-state index in [1.54, 1.807) is 30.1 Å². The molecule has 7 heteroatoms. The zero-order valence-electron chi connectivity index (χ0n) is 10.6. The second-order valence-electron chi connectivity index (χ2n) is 4.09. The van der Waals surface area contributed by atoms with E-state index in [1.165, 1.54) is 0 Å². The molecule has 0 saturated carbocycles. The summed E-state index contributed by atoms with van der Waals surface area (Å²) in [5.41, 5.74) is 2.18. The lowest BCUT2D eigenvalue weighted by Gasteiger charge is -2.07. The molecule has 1 aromatic heterocycles. The Morgan fingerprint density at radius 1 is 1.53 bits per heavy atom. The van der Waals surface area contributed by atoms with E-state index in [9.17, 15) is 10.1 Å². The average molecular weight is 281 g/mol. The summed E-state index contributed by atoms with van der Waals surface area (Å²) >= 11 is 5.92. The van der Waals surface area contributed by atoms with E-state index in [2.05, 4.69) is 10.4 Å². The number of anilines is 1. The fraction of sp³-hybridized carbons (Fsp3) is 0.250. The Bertz CT molecular complexity index is 624. The lowest BCUT2D eigenvalue weighted by atomic mass is 10.1. The summed E-state index contributed by atoms with van der Waals surface area (Å²) in [7, 11) is 1.65. The molecule has 0 amide bonds. The molecule has 1 N–H and O–H groups in total. The van der Waals surface area contributed by atoms with Crippen molar-refractivity contribution < 1.29 is 4.92 Å². The molecule has 100 valence electrons. The van der Waals surface area contributed by atoms with Crippen LogP contribution in [0.15, 0.2) is 24.4 Å². The van der Waals surface area contributed by atoms with Gasteiger partial charge >= 0.3 is 0 Å². The predicted octanol–water partition coefficient (Wildman–Crippen LogP) is 2.84. The lowest BCUT2D eigenvalue weighted by Crippen LogP contribution is -2.05. The van der Waals surface area contributed by atoms with Crippen LogP contribution in [-0.4, -0.2) is 21.8 Å². The Hall–Kier alpha value is -2.08. The van der Waals surface area contributed by atoms with E-state index in [-0.39, 0.29) is 5.69 Å². The molecular formula is C12H13ClN4O2. The molecule has 2 aromatic rings. The van der Waals surface area contributed by atoms with E-state index >= 15 is 0 Å². The molecule has 0 atom stereocenters. The van der Waals surface area contributed by atoms with Crippen molar-refractivity contribution >= 4 is 23.0 Å². The van der Waals surface area contributed by atoms with Gasteiger partial charge in [0, 0.05) is 13.1 Å².